The van der Waals surface area contributed by atoms with Crippen molar-refractivity contribution < 1.29 is 10.2 Å². The Morgan fingerprint density at radius 3 is 1.08 bits per heavy atom. The molecule has 0 saturated heterocycles. The Balaban J connectivity index is 4.35. The Labute approximate surface area is 224 Å². The maximum absolute atomic E-state index is 10.1. The molecule has 0 bridgehead atoms. The van der Waals surface area contributed by atoms with Gasteiger partial charge in [0.2, 0.25) is 0 Å². The van der Waals surface area contributed by atoms with E-state index in [-0.39, 0.29) is 5.41 Å². The van der Waals surface area contributed by atoms with Crippen molar-refractivity contribution >= 4 is 0 Å². The lowest BCUT2D eigenvalue weighted by Gasteiger charge is -2.31. The third-order valence-electron chi connectivity index (χ3n) is 6.51. The molecule has 36 heavy (non-hydrogen) atoms. The molecule has 0 aromatic heterocycles. The van der Waals surface area contributed by atoms with Crippen molar-refractivity contribution in [3.63, 3.8) is 0 Å². The van der Waals surface area contributed by atoms with Crippen LogP contribution in [0.1, 0.15) is 133 Å². The molecule has 0 rings (SSSR count). The number of unbranched alkanes of at least 4 members (excludes halogenated alkanes) is 1. The third-order valence-corrected chi connectivity index (χ3v) is 6.51. The van der Waals surface area contributed by atoms with E-state index in [9.17, 15) is 10.2 Å². The van der Waals surface area contributed by atoms with Gasteiger partial charge in [-0.3, -0.25) is 0 Å². The van der Waals surface area contributed by atoms with Crippen molar-refractivity contribution in [1.82, 2.24) is 0 Å². The minimum Gasteiger partial charge on any atom is -0.362 e. The van der Waals surface area contributed by atoms with Gasteiger partial charge in [0.25, 0.3) is 0 Å². The maximum atomic E-state index is 10.1. The van der Waals surface area contributed by atoms with Gasteiger partial charge in [-0.2, -0.15) is 0 Å². The van der Waals surface area contributed by atoms with Gasteiger partial charge in [0, 0.05) is 0 Å². The smallest absolute Gasteiger partial charge is 0.183 e. The molecule has 2 nitrogen and oxygen atoms in total. The first-order valence-electron chi connectivity index (χ1n) is 14.0. The van der Waals surface area contributed by atoms with Crippen molar-refractivity contribution in [2.75, 3.05) is 0 Å². The van der Waals surface area contributed by atoms with Crippen LogP contribution in [0.2, 0.25) is 0 Å². The van der Waals surface area contributed by atoms with E-state index in [4.69, 9.17) is 0 Å². The largest absolute Gasteiger partial charge is 0.362 e. The summed E-state index contributed by atoms with van der Waals surface area (Å²) in [6, 6.07) is 0. The van der Waals surface area contributed by atoms with Crippen LogP contribution in [-0.4, -0.2) is 16.0 Å². The molecule has 0 saturated carbocycles. The summed E-state index contributed by atoms with van der Waals surface area (Å²) < 4.78 is 0. The predicted molar refractivity (Wildman–Crippen MR) is 161 cm³/mol. The fourth-order valence-electron chi connectivity index (χ4n) is 4.40. The summed E-state index contributed by atoms with van der Waals surface area (Å²) in [5.74, 6) is -1.76. The van der Waals surface area contributed by atoms with Gasteiger partial charge in [-0.1, -0.05) is 85.1 Å². The summed E-state index contributed by atoms with van der Waals surface area (Å²) in [4.78, 5) is 0. The van der Waals surface area contributed by atoms with Crippen LogP contribution in [0.15, 0.2) is 69.9 Å². The van der Waals surface area contributed by atoms with Gasteiger partial charge in [0.05, 0.1) is 0 Å². The molecule has 0 atom stereocenters. The van der Waals surface area contributed by atoms with Gasteiger partial charge in [-0.05, 0) is 124 Å². The molecule has 0 aliphatic rings. The van der Waals surface area contributed by atoms with E-state index in [0.29, 0.717) is 5.57 Å². The van der Waals surface area contributed by atoms with E-state index >= 15 is 0 Å². The van der Waals surface area contributed by atoms with Crippen molar-refractivity contribution in [2.24, 2.45) is 5.41 Å². The standard InChI is InChI=1S/C34H58O2/c1-27(2)17-13-20-30(5)23-14-21-28(3)18-11-12-19-29(4)22-15-24-31(6)25-16-26-32(33(7,8)9)34(10,35)36/h17-19,23-24,26,35-36H,11-16,20-22,25H2,1-10H3/b28-18+,29-19+,30-23+,31-24+,32-26?. The SMILES string of the molecule is CC(C)=CCC/C(C)=C/CC/C(C)=C/CC/C=C(\C)CC/C=C(\C)CCC=C(C(C)(C)C)C(C)(O)O. The zero-order valence-corrected chi connectivity index (χ0v) is 25.4. The highest BCUT2D eigenvalue weighted by Gasteiger charge is 2.31. The molecule has 0 spiro atoms. The minimum atomic E-state index is -1.76. The fourth-order valence-corrected chi connectivity index (χ4v) is 4.40. The second-order valence-corrected chi connectivity index (χ2v) is 12.1. The van der Waals surface area contributed by atoms with E-state index in [1.807, 2.05) is 26.8 Å². The highest BCUT2D eigenvalue weighted by molar-refractivity contribution is 5.19. The molecule has 0 amide bonds. The second kappa shape index (κ2) is 17.8. The number of rotatable bonds is 16. The van der Waals surface area contributed by atoms with E-state index in [1.54, 1.807) is 0 Å². The average molecular weight is 499 g/mol. The molecular weight excluding hydrogens is 440 g/mol. The first-order valence-corrected chi connectivity index (χ1v) is 14.0. The van der Waals surface area contributed by atoms with Crippen molar-refractivity contribution in [3.8, 4) is 0 Å². The quantitative estimate of drug-likeness (QED) is 0.126. The molecule has 0 aliphatic carbocycles. The molecule has 0 aromatic carbocycles. The van der Waals surface area contributed by atoms with Crippen LogP contribution in [0.5, 0.6) is 0 Å². The summed E-state index contributed by atoms with van der Waals surface area (Å²) in [6.45, 7) is 20.8. The molecule has 0 aliphatic heterocycles. The molecule has 2 N–H and O–H groups in total. The van der Waals surface area contributed by atoms with Crippen LogP contribution in [0.4, 0.5) is 0 Å². The summed E-state index contributed by atoms with van der Waals surface area (Å²) in [6.07, 6.45) is 24.7. The topological polar surface area (TPSA) is 40.5 Å². The maximum Gasteiger partial charge on any atom is 0.183 e. The zero-order valence-electron chi connectivity index (χ0n) is 25.4. The van der Waals surface area contributed by atoms with Crippen LogP contribution in [0, 0.1) is 5.41 Å². The predicted octanol–water partition coefficient (Wildman–Crippen LogP) is 10.3. The molecule has 206 valence electrons. The van der Waals surface area contributed by atoms with E-state index < -0.39 is 5.79 Å². The van der Waals surface area contributed by atoms with Gasteiger partial charge < -0.3 is 10.2 Å². The first-order chi connectivity index (χ1) is 16.6. The second-order valence-electron chi connectivity index (χ2n) is 12.1. The summed E-state index contributed by atoms with van der Waals surface area (Å²) in [7, 11) is 0. The first kappa shape index (κ1) is 34.4. The summed E-state index contributed by atoms with van der Waals surface area (Å²) >= 11 is 0. The zero-order chi connectivity index (χ0) is 27.8. The van der Waals surface area contributed by atoms with Crippen LogP contribution >= 0.6 is 0 Å². The summed E-state index contributed by atoms with van der Waals surface area (Å²) in [5, 5.41) is 20.1. The van der Waals surface area contributed by atoms with Crippen molar-refractivity contribution in [1.29, 1.82) is 0 Å². The highest BCUT2D eigenvalue weighted by atomic mass is 16.5. The average Bonchev–Trinajstić information content (AvgIpc) is 2.72. The molecule has 0 radical (unpaired) electrons. The molecule has 0 aromatic rings. The van der Waals surface area contributed by atoms with Crippen molar-refractivity contribution in [3.05, 3.63) is 69.9 Å². The van der Waals surface area contributed by atoms with Gasteiger partial charge >= 0.3 is 0 Å². The number of hydrogen-bond donors (Lipinski definition) is 2. The van der Waals surface area contributed by atoms with E-state index in [0.717, 1.165) is 57.8 Å². The molecule has 0 heterocycles. The van der Waals surface area contributed by atoms with Gasteiger partial charge in [-0.25, -0.2) is 0 Å². The monoisotopic (exact) mass is 498 g/mol. The molecule has 0 fully saturated rings. The van der Waals surface area contributed by atoms with Crippen LogP contribution in [0.25, 0.3) is 0 Å². The Kier molecular flexibility index (Phi) is 16.9. The Morgan fingerprint density at radius 1 is 0.472 bits per heavy atom. The normalized spacial score (nSPS) is 14.9. The van der Waals surface area contributed by atoms with Crippen LogP contribution in [0.3, 0.4) is 0 Å². The number of allylic oxidation sites excluding steroid dienone is 11. The molecular formula is C34H58O2. The lowest BCUT2D eigenvalue weighted by molar-refractivity contribution is -0.121. The third kappa shape index (κ3) is 18.6. The number of hydrogen-bond acceptors (Lipinski definition) is 2. The fraction of sp³-hybridized carbons (Fsp3) is 0.647. The molecule has 2 heteroatoms. The highest BCUT2D eigenvalue weighted by Crippen LogP contribution is 2.33. The van der Waals surface area contributed by atoms with E-state index in [2.05, 4.69) is 71.9 Å². The van der Waals surface area contributed by atoms with Gasteiger partial charge in [0.1, 0.15) is 0 Å². The van der Waals surface area contributed by atoms with Crippen molar-refractivity contribution in [2.45, 2.75) is 139 Å². The Morgan fingerprint density at radius 2 is 0.778 bits per heavy atom. The Bertz CT molecular complexity index is 794. The Hall–Kier alpha value is -1.64. The summed E-state index contributed by atoms with van der Waals surface area (Å²) in [5.41, 5.74) is 7.68. The number of aliphatic hydroxyl groups is 2. The molecule has 0 unspecified atom stereocenters. The van der Waals surface area contributed by atoms with Crippen LogP contribution < -0.4 is 0 Å². The van der Waals surface area contributed by atoms with E-state index in [1.165, 1.54) is 41.2 Å². The minimum absolute atomic E-state index is 0.257. The lowest BCUT2D eigenvalue weighted by atomic mass is 9.81. The van der Waals surface area contributed by atoms with Gasteiger partial charge in [-0.15, -0.1) is 0 Å². The van der Waals surface area contributed by atoms with Gasteiger partial charge in [0.15, 0.2) is 5.79 Å². The van der Waals surface area contributed by atoms with Crippen LogP contribution in [-0.2, 0) is 0 Å². The lowest BCUT2D eigenvalue weighted by Crippen LogP contribution is -2.33.